The van der Waals surface area contributed by atoms with Crippen molar-refractivity contribution < 1.29 is 9.59 Å². The molecule has 0 rings (SSSR count). The molecule has 0 aliphatic heterocycles. The minimum Gasteiger partial charge on any atom is -0.342 e. The first-order valence-electron chi connectivity index (χ1n) is 6.25. The highest BCUT2D eigenvalue weighted by molar-refractivity contribution is 7.98. The van der Waals surface area contributed by atoms with Crippen LogP contribution >= 0.6 is 11.8 Å². The monoisotopic (exact) mass is 275 g/mol. The zero-order valence-electron chi connectivity index (χ0n) is 11.8. The summed E-state index contributed by atoms with van der Waals surface area (Å²) in [5, 5.41) is 0. The molecule has 0 fully saturated rings. The standard InChI is InChI=1S/C12H25N3O2S/c1-5-15(6-2)11(16)9-14(3)12(17)10(13)7-8-18-4/h10H,5-9,13H2,1-4H3/t10-/m1/s1. The van der Waals surface area contributed by atoms with E-state index in [4.69, 9.17) is 5.73 Å². The number of amides is 2. The van der Waals surface area contributed by atoms with Gasteiger partial charge in [-0.3, -0.25) is 9.59 Å². The van der Waals surface area contributed by atoms with E-state index in [1.54, 1.807) is 23.7 Å². The second-order valence-corrected chi connectivity index (χ2v) is 5.13. The number of nitrogens with two attached hydrogens (primary N) is 1. The molecule has 0 aromatic carbocycles. The van der Waals surface area contributed by atoms with Gasteiger partial charge >= 0.3 is 0 Å². The highest BCUT2D eigenvalue weighted by Crippen LogP contribution is 2.02. The van der Waals surface area contributed by atoms with Crippen LogP contribution in [0.4, 0.5) is 0 Å². The van der Waals surface area contributed by atoms with Gasteiger partial charge in [-0.25, -0.2) is 0 Å². The molecule has 2 amide bonds. The van der Waals surface area contributed by atoms with E-state index in [0.29, 0.717) is 19.5 Å². The maximum Gasteiger partial charge on any atom is 0.242 e. The van der Waals surface area contributed by atoms with Crippen LogP contribution in [0.15, 0.2) is 0 Å². The average Bonchev–Trinajstić information content (AvgIpc) is 2.36. The first-order valence-corrected chi connectivity index (χ1v) is 7.64. The Balaban J connectivity index is 4.26. The molecule has 2 N–H and O–H groups in total. The molecule has 5 nitrogen and oxygen atoms in total. The van der Waals surface area contributed by atoms with Gasteiger partial charge in [0.15, 0.2) is 0 Å². The fraction of sp³-hybridized carbons (Fsp3) is 0.833. The van der Waals surface area contributed by atoms with Crippen molar-refractivity contribution in [2.24, 2.45) is 5.73 Å². The number of likely N-dealkylation sites (N-methyl/N-ethyl adjacent to an activating group) is 2. The van der Waals surface area contributed by atoms with Gasteiger partial charge in [-0.05, 0) is 32.3 Å². The van der Waals surface area contributed by atoms with E-state index in [1.165, 1.54) is 4.90 Å². The minimum atomic E-state index is -0.507. The molecule has 106 valence electrons. The van der Waals surface area contributed by atoms with Gasteiger partial charge in [-0.1, -0.05) is 0 Å². The van der Waals surface area contributed by atoms with E-state index in [9.17, 15) is 9.59 Å². The predicted octanol–water partition coefficient (Wildman–Crippen LogP) is 0.394. The Hall–Kier alpha value is -0.750. The number of carbonyl (C=O) groups excluding carboxylic acids is 2. The molecule has 0 aliphatic rings. The van der Waals surface area contributed by atoms with Crippen LogP contribution in [-0.2, 0) is 9.59 Å². The first kappa shape index (κ1) is 17.2. The van der Waals surface area contributed by atoms with E-state index in [2.05, 4.69) is 0 Å². The Bertz CT molecular complexity index is 270. The number of carbonyl (C=O) groups is 2. The van der Waals surface area contributed by atoms with Gasteiger partial charge in [0.05, 0.1) is 12.6 Å². The SMILES string of the molecule is CCN(CC)C(=O)CN(C)C(=O)[C@H](N)CCSC. The molecule has 0 bridgehead atoms. The summed E-state index contributed by atoms with van der Waals surface area (Å²) in [5.41, 5.74) is 5.79. The molecule has 0 aromatic heterocycles. The van der Waals surface area contributed by atoms with Gasteiger partial charge in [-0.15, -0.1) is 0 Å². The molecule has 0 aromatic rings. The third-order valence-electron chi connectivity index (χ3n) is 2.81. The smallest absolute Gasteiger partial charge is 0.242 e. The number of hydrogen-bond donors (Lipinski definition) is 1. The van der Waals surface area contributed by atoms with Crippen molar-refractivity contribution >= 4 is 23.6 Å². The molecule has 0 radical (unpaired) electrons. The lowest BCUT2D eigenvalue weighted by Crippen LogP contribution is -2.47. The van der Waals surface area contributed by atoms with Crippen LogP contribution in [0.25, 0.3) is 0 Å². The zero-order chi connectivity index (χ0) is 14.1. The van der Waals surface area contributed by atoms with Crippen molar-refractivity contribution in [1.29, 1.82) is 0 Å². The Morgan fingerprint density at radius 1 is 1.28 bits per heavy atom. The summed E-state index contributed by atoms with van der Waals surface area (Å²) < 4.78 is 0. The van der Waals surface area contributed by atoms with Crippen molar-refractivity contribution in [2.75, 3.05) is 38.7 Å². The van der Waals surface area contributed by atoms with Crippen LogP contribution in [0.2, 0.25) is 0 Å². The summed E-state index contributed by atoms with van der Waals surface area (Å²) in [6.07, 6.45) is 2.62. The Kier molecular flexibility index (Phi) is 8.83. The molecule has 0 heterocycles. The topological polar surface area (TPSA) is 66.6 Å². The normalized spacial score (nSPS) is 12.1. The van der Waals surface area contributed by atoms with Crippen molar-refractivity contribution in [3.05, 3.63) is 0 Å². The van der Waals surface area contributed by atoms with Gasteiger partial charge in [0, 0.05) is 20.1 Å². The molecule has 18 heavy (non-hydrogen) atoms. The Morgan fingerprint density at radius 2 is 1.83 bits per heavy atom. The molecule has 0 saturated heterocycles. The van der Waals surface area contributed by atoms with Crippen molar-refractivity contribution in [1.82, 2.24) is 9.80 Å². The van der Waals surface area contributed by atoms with Crippen LogP contribution in [-0.4, -0.2) is 66.3 Å². The third kappa shape index (κ3) is 5.73. The van der Waals surface area contributed by atoms with Crippen molar-refractivity contribution in [3.63, 3.8) is 0 Å². The minimum absolute atomic E-state index is 0.0343. The second-order valence-electron chi connectivity index (χ2n) is 4.15. The number of hydrogen-bond acceptors (Lipinski definition) is 4. The Morgan fingerprint density at radius 3 is 2.28 bits per heavy atom. The van der Waals surface area contributed by atoms with Crippen molar-refractivity contribution in [2.45, 2.75) is 26.3 Å². The quantitative estimate of drug-likeness (QED) is 0.696. The van der Waals surface area contributed by atoms with Crippen LogP contribution in [0.5, 0.6) is 0 Å². The molecule has 0 unspecified atom stereocenters. The fourth-order valence-corrected chi connectivity index (χ4v) is 2.10. The second kappa shape index (κ2) is 9.22. The predicted molar refractivity (Wildman–Crippen MR) is 76.5 cm³/mol. The molecule has 6 heteroatoms. The van der Waals surface area contributed by atoms with Crippen LogP contribution in [0, 0.1) is 0 Å². The summed E-state index contributed by atoms with van der Waals surface area (Å²) in [6, 6.07) is -0.507. The lowest BCUT2D eigenvalue weighted by atomic mass is 10.2. The third-order valence-corrected chi connectivity index (χ3v) is 3.46. The van der Waals surface area contributed by atoms with Crippen LogP contribution < -0.4 is 5.73 Å². The van der Waals surface area contributed by atoms with Gasteiger partial charge in [0.25, 0.3) is 0 Å². The zero-order valence-corrected chi connectivity index (χ0v) is 12.6. The largest absolute Gasteiger partial charge is 0.342 e. The Labute approximate surface area is 114 Å². The molecule has 1 atom stereocenters. The summed E-state index contributed by atoms with van der Waals surface area (Å²) in [7, 11) is 1.63. The van der Waals surface area contributed by atoms with Crippen molar-refractivity contribution in [3.8, 4) is 0 Å². The van der Waals surface area contributed by atoms with E-state index in [1.807, 2.05) is 20.1 Å². The van der Waals surface area contributed by atoms with Gasteiger partial charge in [0.2, 0.25) is 11.8 Å². The van der Waals surface area contributed by atoms with Gasteiger partial charge < -0.3 is 15.5 Å². The van der Waals surface area contributed by atoms with E-state index >= 15 is 0 Å². The molecule has 0 spiro atoms. The van der Waals surface area contributed by atoms with Gasteiger partial charge in [0.1, 0.15) is 0 Å². The lowest BCUT2D eigenvalue weighted by Gasteiger charge is -2.25. The average molecular weight is 275 g/mol. The summed E-state index contributed by atoms with van der Waals surface area (Å²) in [5.74, 6) is 0.655. The highest BCUT2D eigenvalue weighted by Gasteiger charge is 2.21. The number of nitrogens with zero attached hydrogens (tertiary/aromatic N) is 2. The fourth-order valence-electron chi connectivity index (χ4n) is 1.61. The lowest BCUT2D eigenvalue weighted by molar-refractivity contribution is -0.139. The number of thioether (sulfide) groups is 1. The van der Waals surface area contributed by atoms with E-state index < -0.39 is 6.04 Å². The maximum atomic E-state index is 11.9. The molecule has 0 aliphatic carbocycles. The van der Waals surface area contributed by atoms with E-state index in [0.717, 1.165) is 5.75 Å². The summed E-state index contributed by atoms with van der Waals surface area (Å²) >= 11 is 1.66. The maximum absolute atomic E-state index is 11.9. The highest BCUT2D eigenvalue weighted by atomic mass is 32.2. The molecule has 0 saturated carbocycles. The summed E-state index contributed by atoms with van der Waals surface area (Å²) in [6.45, 7) is 5.28. The first-order chi connectivity index (χ1) is 8.47. The van der Waals surface area contributed by atoms with Crippen LogP contribution in [0.1, 0.15) is 20.3 Å². The van der Waals surface area contributed by atoms with E-state index in [-0.39, 0.29) is 18.4 Å². The molecular formula is C12H25N3O2S. The van der Waals surface area contributed by atoms with Crippen LogP contribution in [0.3, 0.4) is 0 Å². The van der Waals surface area contributed by atoms with Gasteiger partial charge in [-0.2, -0.15) is 11.8 Å². The number of rotatable bonds is 8. The summed E-state index contributed by atoms with van der Waals surface area (Å²) in [4.78, 5) is 26.9. The molecular weight excluding hydrogens is 250 g/mol.